The summed E-state index contributed by atoms with van der Waals surface area (Å²) >= 11 is 0. The number of aromatic nitrogens is 4. The Kier molecular flexibility index (Phi) is 5.31. The first kappa shape index (κ1) is 18.7. The molecule has 0 radical (unpaired) electrons. The van der Waals surface area contributed by atoms with Crippen LogP contribution in [-0.4, -0.2) is 47.5 Å². The van der Waals surface area contributed by atoms with Gasteiger partial charge in [-0.3, -0.25) is 0 Å². The van der Waals surface area contributed by atoms with Gasteiger partial charge in [0.2, 0.25) is 5.95 Å². The largest absolute Gasteiger partial charge is 0.504 e. The molecule has 0 saturated carbocycles. The summed E-state index contributed by atoms with van der Waals surface area (Å²) in [4.78, 5) is 13.4. The molecule has 0 amide bonds. The predicted octanol–water partition coefficient (Wildman–Crippen LogP) is 2.22. The summed E-state index contributed by atoms with van der Waals surface area (Å²) in [6, 6.07) is 4.95. The molecule has 0 unspecified atom stereocenters. The van der Waals surface area contributed by atoms with Gasteiger partial charge in [0, 0.05) is 24.7 Å². The standard InChI is InChI=1S/C18H24N6O3/c1-10(2)24-9-21-14-16(19-8-12-5-4-6-13(26)15(12)27)22-18(23-17(14)24)20-7-11(3)25/h4-6,9-11,25-27H,7-8H2,1-3H3,(H2,19,20,22,23)/t11-/m1/s1. The van der Waals surface area contributed by atoms with Gasteiger partial charge in [-0.2, -0.15) is 9.97 Å². The highest BCUT2D eigenvalue weighted by Gasteiger charge is 2.16. The average Bonchev–Trinajstić information content (AvgIpc) is 3.05. The molecule has 0 saturated heterocycles. The van der Waals surface area contributed by atoms with Crippen molar-refractivity contribution in [2.45, 2.75) is 39.5 Å². The molecule has 0 spiro atoms. The van der Waals surface area contributed by atoms with Gasteiger partial charge in [0.25, 0.3) is 0 Å². The molecule has 2 heterocycles. The maximum Gasteiger partial charge on any atom is 0.226 e. The first-order valence-corrected chi connectivity index (χ1v) is 8.77. The fourth-order valence-electron chi connectivity index (χ4n) is 2.64. The Labute approximate surface area is 156 Å². The van der Waals surface area contributed by atoms with Crippen LogP contribution in [0.2, 0.25) is 0 Å². The molecule has 3 aromatic rings. The topological polar surface area (TPSA) is 128 Å². The number of aromatic hydroxyl groups is 2. The summed E-state index contributed by atoms with van der Waals surface area (Å²) in [7, 11) is 0. The lowest BCUT2D eigenvalue weighted by Gasteiger charge is -2.13. The van der Waals surface area contributed by atoms with Crippen molar-refractivity contribution in [1.29, 1.82) is 0 Å². The number of aliphatic hydroxyl groups excluding tert-OH is 1. The van der Waals surface area contributed by atoms with Gasteiger partial charge in [-0.1, -0.05) is 12.1 Å². The lowest BCUT2D eigenvalue weighted by Crippen LogP contribution is -2.17. The number of hydrogen-bond acceptors (Lipinski definition) is 8. The zero-order valence-corrected chi connectivity index (χ0v) is 15.5. The maximum absolute atomic E-state index is 9.98. The number of aliphatic hydroxyl groups is 1. The van der Waals surface area contributed by atoms with E-state index in [-0.39, 0.29) is 24.1 Å². The number of phenolic OH excluding ortho intramolecular Hbond substituents is 2. The number of para-hydroxylation sites is 1. The molecule has 0 aliphatic heterocycles. The van der Waals surface area contributed by atoms with Crippen LogP contribution in [0.4, 0.5) is 11.8 Å². The molecule has 0 aliphatic carbocycles. The van der Waals surface area contributed by atoms with E-state index in [2.05, 4.69) is 25.6 Å². The molecule has 1 atom stereocenters. The van der Waals surface area contributed by atoms with Crippen molar-refractivity contribution in [1.82, 2.24) is 19.5 Å². The van der Waals surface area contributed by atoms with E-state index in [1.165, 1.54) is 6.07 Å². The first-order valence-electron chi connectivity index (χ1n) is 8.77. The van der Waals surface area contributed by atoms with Crippen molar-refractivity contribution < 1.29 is 15.3 Å². The third-order valence-corrected chi connectivity index (χ3v) is 4.08. The third-order valence-electron chi connectivity index (χ3n) is 4.08. The number of hydrogen-bond donors (Lipinski definition) is 5. The quantitative estimate of drug-likeness (QED) is 0.399. The fraction of sp³-hybridized carbons (Fsp3) is 0.389. The van der Waals surface area contributed by atoms with E-state index >= 15 is 0 Å². The Hall–Kier alpha value is -3.07. The van der Waals surface area contributed by atoms with E-state index in [1.807, 2.05) is 18.4 Å². The van der Waals surface area contributed by atoms with Crippen molar-refractivity contribution in [3.05, 3.63) is 30.1 Å². The van der Waals surface area contributed by atoms with Gasteiger partial charge in [0.05, 0.1) is 12.4 Å². The molecule has 27 heavy (non-hydrogen) atoms. The van der Waals surface area contributed by atoms with Crippen LogP contribution in [0.3, 0.4) is 0 Å². The van der Waals surface area contributed by atoms with Gasteiger partial charge in [0.1, 0.15) is 0 Å². The Bertz CT molecular complexity index is 938. The molecule has 0 aliphatic rings. The molecule has 3 rings (SSSR count). The molecular weight excluding hydrogens is 348 g/mol. The van der Waals surface area contributed by atoms with Crippen LogP contribution in [0.25, 0.3) is 11.2 Å². The smallest absolute Gasteiger partial charge is 0.226 e. The van der Waals surface area contributed by atoms with E-state index < -0.39 is 6.10 Å². The molecule has 9 heteroatoms. The van der Waals surface area contributed by atoms with E-state index in [9.17, 15) is 15.3 Å². The minimum Gasteiger partial charge on any atom is -0.504 e. The van der Waals surface area contributed by atoms with Crippen LogP contribution >= 0.6 is 0 Å². The summed E-state index contributed by atoms with van der Waals surface area (Å²) in [5.41, 5.74) is 1.80. The molecule has 0 bridgehead atoms. The summed E-state index contributed by atoms with van der Waals surface area (Å²) in [6.07, 6.45) is 1.17. The lowest BCUT2D eigenvalue weighted by molar-refractivity contribution is 0.208. The lowest BCUT2D eigenvalue weighted by atomic mass is 10.2. The number of nitrogens with zero attached hydrogens (tertiary/aromatic N) is 4. The van der Waals surface area contributed by atoms with Gasteiger partial charge in [0.15, 0.2) is 28.5 Å². The van der Waals surface area contributed by atoms with Gasteiger partial charge < -0.3 is 30.5 Å². The third kappa shape index (κ3) is 4.03. The molecule has 5 N–H and O–H groups in total. The summed E-state index contributed by atoms with van der Waals surface area (Å²) in [5, 5.41) is 35.3. The van der Waals surface area contributed by atoms with Gasteiger partial charge in [-0.05, 0) is 26.8 Å². The molecule has 0 fully saturated rings. The molecule has 1 aromatic carbocycles. The summed E-state index contributed by atoms with van der Waals surface area (Å²) in [6.45, 7) is 6.30. The van der Waals surface area contributed by atoms with E-state index in [0.29, 0.717) is 35.0 Å². The minimum absolute atomic E-state index is 0.164. The van der Waals surface area contributed by atoms with Gasteiger partial charge >= 0.3 is 0 Å². The van der Waals surface area contributed by atoms with Gasteiger partial charge in [-0.15, -0.1) is 0 Å². The minimum atomic E-state index is -0.542. The van der Waals surface area contributed by atoms with Crippen LogP contribution in [-0.2, 0) is 6.54 Å². The predicted molar refractivity (Wildman–Crippen MR) is 103 cm³/mol. The molecule has 9 nitrogen and oxygen atoms in total. The Morgan fingerprint density at radius 2 is 1.89 bits per heavy atom. The first-order chi connectivity index (χ1) is 12.9. The SMILES string of the molecule is CC(C)n1cnc2c(NCc3cccc(O)c3O)nc(NC[C@@H](C)O)nc21. The number of phenols is 2. The average molecular weight is 372 g/mol. The maximum atomic E-state index is 9.98. The second kappa shape index (κ2) is 7.67. The Morgan fingerprint density at radius 3 is 2.59 bits per heavy atom. The summed E-state index contributed by atoms with van der Waals surface area (Å²) < 4.78 is 1.93. The highest BCUT2D eigenvalue weighted by Crippen LogP contribution is 2.29. The number of nitrogens with one attached hydrogen (secondary N) is 2. The Balaban J connectivity index is 1.95. The number of benzene rings is 1. The van der Waals surface area contributed by atoms with E-state index in [0.717, 1.165) is 0 Å². The molecular formula is C18H24N6O3. The van der Waals surface area contributed by atoms with Crippen molar-refractivity contribution in [2.75, 3.05) is 17.2 Å². The molecule has 2 aromatic heterocycles. The van der Waals surface area contributed by atoms with Crippen LogP contribution in [0, 0.1) is 0 Å². The van der Waals surface area contributed by atoms with Crippen molar-refractivity contribution >= 4 is 22.9 Å². The van der Waals surface area contributed by atoms with Gasteiger partial charge in [-0.25, -0.2) is 4.98 Å². The van der Waals surface area contributed by atoms with Crippen molar-refractivity contribution in [3.8, 4) is 11.5 Å². The zero-order valence-electron chi connectivity index (χ0n) is 15.5. The van der Waals surface area contributed by atoms with Crippen LogP contribution in [0.15, 0.2) is 24.5 Å². The van der Waals surface area contributed by atoms with E-state index in [4.69, 9.17) is 0 Å². The Morgan fingerprint density at radius 1 is 1.11 bits per heavy atom. The highest BCUT2D eigenvalue weighted by atomic mass is 16.3. The molecule has 144 valence electrons. The van der Waals surface area contributed by atoms with E-state index in [1.54, 1.807) is 25.4 Å². The number of imidazole rings is 1. The fourth-order valence-corrected chi connectivity index (χ4v) is 2.64. The number of rotatable bonds is 7. The monoisotopic (exact) mass is 372 g/mol. The van der Waals surface area contributed by atoms with Crippen molar-refractivity contribution in [2.24, 2.45) is 0 Å². The second-order valence-corrected chi connectivity index (χ2v) is 6.68. The second-order valence-electron chi connectivity index (χ2n) is 6.68. The van der Waals surface area contributed by atoms with Crippen LogP contribution in [0.1, 0.15) is 32.4 Å². The van der Waals surface area contributed by atoms with Crippen LogP contribution in [0.5, 0.6) is 11.5 Å². The number of anilines is 2. The summed E-state index contributed by atoms with van der Waals surface area (Å²) in [5.74, 6) is 0.518. The number of fused-ring (bicyclic) bond motifs is 1. The van der Waals surface area contributed by atoms with Crippen LogP contribution < -0.4 is 10.6 Å². The van der Waals surface area contributed by atoms with Crippen molar-refractivity contribution in [3.63, 3.8) is 0 Å². The normalized spacial score (nSPS) is 12.5. The zero-order chi connectivity index (χ0) is 19.6. The highest BCUT2D eigenvalue weighted by molar-refractivity contribution is 5.84.